The largest absolute Gasteiger partial charge is 0.496 e. The number of ether oxygens (including phenoxy) is 2. The first-order chi connectivity index (χ1) is 7.80. The molecule has 1 aliphatic heterocycles. The van der Waals surface area contributed by atoms with Gasteiger partial charge in [-0.15, -0.1) is 0 Å². The van der Waals surface area contributed by atoms with E-state index in [1.54, 1.807) is 7.11 Å². The Morgan fingerprint density at radius 3 is 2.81 bits per heavy atom. The third-order valence-corrected chi connectivity index (χ3v) is 3.00. The SMILES string of the molecule is COc1cccc2c1CC(CN)OC2CN. The number of hydrogen-bond donors (Lipinski definition) is 2. The topological polar surface area (TPSA) is 70.5 Å². The normalized spacial score (nSPS) is 23.9. The molecule has 2 rings (SSSR count). The van der Waals surface area contributed by atoms with Gasteiger partial charge in [-0.2, -0.15) is 0 Å². The van der Waals surface area contributed by atoms with Crippen molar-refractivity contribution >= 4 is 0 Å². The molecular formula is C12H18N2O2. The van der Waals surface area contributed by atoms with Crippen LogP contribution >= 0.6 is 0 Å². The van der Waals surface area contributed by atoms with Crippen molar-refractivity contribution in [2.45, 2.75) is 18.6 Å². The predicted molar refractivity (Wildman–Crippen MR) is 62.4 cm³/mol. The molecule has 0 spiro atoms. The lowest BCUT2D eigenvalue weighted by molar-refractivity contribution is -0.0159. The monoisotopic (exact) mass is 222 g/mol. The third-order valence-electron chi connectivity index (χ3n) is 3.00. The fourth-order valence-corrected chi connectivity index (χ4v) is 2.20. The lowest BCUT2D eigenvalue weighted by Gasteiger charge is -2.31. The molecule has 1 aromatic carbocycles. The molecule has 2 unspecified atom stereocenters. The highest BCUT2D eigenvalue weighted by molar-refractivity contribution is 5.43. The van der Waals surface area contributed by atoms with Gasteiger partial charge in [0.2, 0.25) is 0 Å². The van der Waals surface area contributed by atoms with E-state index in [2.05, 4.69) is 0 Å². The average Bonchev–Trinajstić information content (AvgIpc) is 2.36. The molecule has 2 atom stereocenters. The van der Waals surface area contributed by atoms with Crippen molar-refractivity contribution in [3.8, 4) is 5.75 Å². The maximum absolute atomic E-state index is 5.81. The summed E-state index contributed by atoms with van der Waals surface area (Å²) in [6.07, 6.45) is 0.775. The van der Waals surface area contributed by atoms with E-state index in [-0.39, 0.29) is 12.2 Å². The molecule has 88 valence electrons. The number of fused-ring (bicyclic) bond motifs is 1. The molecule has 0 radical (unpaired) electrons. The molecule has 0 saturated carbocycles. The molecular weight excluding hydrogens is 204 g/mol. The molecule has 16 heavy (non-hydrogen) atoms. The molecule has 1 aromatic rings. The quantitative estimate of drug-likeness (QED) is 0.785. The van der Waals surface area contributed by atoms with Gasteiger partial charge >= 0.3 is 0 Å². The minimum absolute atomic E-state index is 0.0392. The summed E-state index contributed by atoms with van der Waals surface area (Å²) >= 11 is 0. The molecule has 1 heterocycles. The van der Waals surface area contributed by atoms with Gasteiger partial charge in [0.1, 0.15) is 5.75 Å². The maximum atomic E-state index is 5.81. The zero-order valence-electron chi connectivity index (χ0n) is 9.48. The maximum Gasteiger partial charge on any atom is 0.122 e. The Balaban J connectivity index is 2.41. The van der Waals surface area contributed by atoms with Crippen LogP contribution in [0.15, 0.2) is 18.2 Å². The van der Waals surface area contributed by atoms with Crippen LogP contribution in [0.25, 0.3) is 0 Å². The summed E-state index contributed by atoms with van der Waals surface area (Å²) in [5.74, 6) is 0.901. The van der Waals surface area contributed by atoms with Gasteiger partial charge in [0, 0.05) is 25.1 Å². The van der Waals surface area contributed by atoms with E-state index in [0.29, 0.717) is 13.1 Å². The summed E-state index contributed by atoms with van der Waals surface area (Å²) in [7, 11) is 1.68. The number of hydrogen-bond acceptors (Lipinski definition) is 4. The molecule has 4 N–H and O–H groups in total. The summed E-state index contributed by atoms with van der Waals surface area (Å²) in [5, 5.41) is 0. The number of rotatable bonds is 3. The van der Waals surface area contributed by atoms with Crippen LogP contribution in [0.3, 0.4) is 0 Å². The first-order valence-electron chi connectivity index (χ1n) is 5.51. The summed E-state index contributed by atoms with van der Waals surface area (Å²) in [6.45, 7) is 0.977. The highest BCUT2D eigenvalue weighted by Crippen LogP contribution is 2.34. The first kappa shape index (κ1) is 11.4. The lowest BCUT2D eigenvalue weighted by Crippen LogP contribution is -2.35. The van der Waals surface area contributed by atoms with E-state index in [1.165, 1.54) is 5.56 Å². The van der Waals surface area contributed by atoms with Crippen LogP contribution in [-0.4, -0.2) is 26.3 Å². The van der Waals surface area contributed by atoms with Gasteiger partial charge in [-0.3, -0.25) is 0 Å². The van der Waals surface area contributed by atoms with Gasteiger partial charge in [0.05, 0.1) is 19.3 Å². The van der Waals surface area contributed by atoms with Crippen LogP contribution in [0, 0.1) is 0 Å². The molecule has 0 amide bonds. The molecule has 0 bridgehead atoms. The molecule has 0 fully saturated rings. The smallest absolute Gasteiger partial charge is 0.122 e. The number of methoxy groups -OCH3 is 1. The second-order valence-corrected chi connectivity index (χ2v) is 3.95. The van der Waals surface area contributed by atoms with Crippen molar-refractivity contribution in [2.24, 2.45) is 11.5 Å². The molecule has 4 nitrogen and oxygen atoms in total. The standard InChI is InChI=1S/C12H18N2O2/c1-15-11-4-2-3-9-10(11)5-8(6-13)16-12(9)7-14/h2-4,8,12H,5-7,13-14H2,1H3. The summed E-state index contributed by atoms with van der Waals surface area (Å²) in [5.41, 5.74) is 13.7. The minimum atomic E-state index is -0.0626. The van der Waals surface area contributed by atoms with Crippen LogP contribution in [-0.2, 0) is 11.2 Å². The Bertz CT molecular complexity index is 368. The van der Waals surface area contributed by atoms with E-state index in [1.807, 2.05) is 18.2 Å². The minimum Gasteiger partial charge on any atom is -0.496 e. The number of benzene rings is 1. The van der Waals surface area contributed by atoms with Crippen molar-refractivity contribution in [3.63, 3.8) is 0 Å². The molecule has 4 heteroatoms. The summed E-state index contributed by atoms with van der Waals surface area (Å²) < 4.78 is 11.2. The summed E-state index contributed by atoms with van der Waals surface area (Å²) in [4.78, 5) is 0. The zero-order valence-corrected chi connectivity index (χ0v) is 9.48. The van der Waals surface area contributed by atoms with Crippen molar-refractivity contribution < 1.29 is 9.47 Å². The van der Waals surface area contributed by atoms with E-state index in [4.69, 9.17) is 20.9 Å². The van der Waals surface area contributed by atoms with Crippen LogP contribution in [0.2, 0.25) is 0 Å². The Morgan fingerprint density at radius 1 is 1.38 bits per heavy atom. The molecule has 0 aliphatic carbocycles. The Labute approximate surface area is 95.5 Å². The van der Waals surface area contributed by atoms with Crippen LogP contribution in [0.5, 0.6) is 5.75 Å². The Morgan fingerprint density at radius 2 is 2.19 bits per heavy atom. The van der Waals surface area contributed by atoms with E-state index in [9.17, 15) is 0 Å². The average molecular weight is 222 g/mol. The fraction of sp³-hybridized carbons (Fsp3) is 0.500. The van der Waals surface area contributed by atoms with Gasteiger partial charge in [0.15, 0.2) is 0 Å². The second-order valence-electron chi connectivity index (χ2n) is 3.95. The molecule has 0 saturated heterocycles. The van der Waals surface area contributed by atoms with Gasteiger partial charge in [-0.1, -0.05) is 12.1 Å². The van der Waals surface area contributed by atoms with Crippen molar-refractivity contribution in [2.75, 3.05) is 20.2 Å². The lowest BCUT2D eigenvalue weighted by atomic mass is 9.93. The van der Waals surface area contributed by atoms with E-state index in [0.717, 1.165) is 17.7 Å². The fourth-order valence-electron chi connectivity index (χ4n) is 2.20. The van der Waals surface area contributed by atoms with Crippen molar-refractivity contribution in [1.29, 1.82) is 0 Å². The first-order valence-corrected chi connectivity index (χ1v) is 5.51. The van der Waals surface area contributed by atoms with Crippen LogP contribution in [0.1, 0.15) is 17.2 Å². The van der Waals surface area contributed by atoms with Crippen molar-refractivity contribution in [1.82, 2.24) is 0 Å². The summed E-state index contributed by atoms with van der Waals surface area (Å²) in [6, 6.07) is 5.97. The highest BCUT2D eigenvalue weighted by atomic mass is 16.5. The predicted octanol–water partition coefficient (Wildman–Crippen LogP) is 0.595. The van der Waals surface area contributed by atoms with E-state index < -0.39 is 0 Å². The molecule has 1 aliphatic rings. The number of nitrogens with two attached hydrogens (primary N) is 2. The second kappa shape index (κ2) is 4.82. The van der Waals surface area contributed by atoms with Crippen LogP contribution < -0.4 is 16.2 Å². The Kier molecular flexibility index (Phi) is 3.43. The highest BCUT2D eigenvalue weighted by Gasteiger charge is 2.27. The zero-order chi connectivity index (χ0) is 11.5. The van der Waals surface area contributed by atoms with Gasteiger partial charge in [0.25, 0.3) is 0 Å². The Hall–Kier alpha value is -1.10. The molecule has 0 aromatic heterocycles. The van der Waals surface area contributed by atoms with Crippen molar-refractivity contribution in [3.05, 3.63) is 29.3 Å². The third kappa shape index (κ3) is 1.91. The van der Waals surface area contributed by atoms with Gasteiger partial charge < -0.3 is 20.9 Å². The van der Waals surface area contributed by atoms with Gasteiger partial charge in [-0.25, -0.2) is 0 Å². The van der Waals surface area contributed by atoms with Gasteiger partial charge in [-0.05, 0) is 11.6 Å². The van der Waals surface area contributed by atoms with Crippen LogP contribution in [0.4, 0.5) is 0 Å². The van der Waals surface area contributed by atoms with E-state index >= 15 is 0 Å².